The van der Waals surface area contributed by atoms with Crippen LogP contribution in [0.4, 0.5) is 0 Å². The molecule has 0 spiro atoms. The Morgan fingerprint density at radius 2 is 1.35 bits per heavy atom. The monoisotopic (exact) mass is 413 g/mol. The number of hydrogen-bond acceptors (Lipinski definition) is 3. The zero-order chi connectivity index (χ0) is 22.2. The van der Waals surface area contributed by atoms with Gasteiger partial charge in [0.15, 0.2) is 0 Å². The second kappa shape index (κ2) is 10.4. The fourth-order valence-corrected chi connectivity index (χ4v) is 3.48. The van der Waals surface area contributed by atoms with Crippen molar-refractivity contribution in [3.63, 3.8) is 0 Å². The highest BCUT2D eigenvalue weighted by molar-refractivity contribution is 6.02. The maximum atomic E-state index is 13.0. The first kappa shape index (κ1) is 22.0. The summed E-state index contributed by atoms with van der Waals surface area (Å²) in [5.41, 5.74) is 5.15. The standard InChI is InChI=1S/C27H27NO3/c1-20-14-16-24(17-15-20)26(23-12-8-5-9-13-23)25(27(30)31-3)19-28(21(2)29)18-22-10-6-4-7-11-22/h4-17H,18-19H2,1-3H3/b26-25+. The summed E-state index contributed by atoms with van der Waals surface area (Å²) < 4.78 is 5.16. The molecular weight excluding hydrogens is 386 g/mol. The number of ether oxygens (including phenoxy) is 1. The first-order chi connectivity index (χ1) is 15.0. The van der Waals surface area contributed by atoms with Gasteiger partial charge < -0.3 is 9.64 Å². The van der Waals surface area contributed by atoms with Gasteiger partial charge in [-0.15, -0.1) is 0 Å². The SMILES string of the molecule is COC(=O)/C(CN(Cc1ccccc1)C(C)=O)=C(\c1ccccc1)c1ccc(C)cc1. The molecule has 0 fully saturated rings. The normalized spacial score (nSPS) is 11.5. The van der Waals surface area contributed by atoms with E-state index in [0.29, 0.717) is 12.1 Å². The smallest absolute Gasteiger partial charge is 0.336 e. The average Bonchev–Trinajstić information content (AvgIpc) is 2.80. The third-order valence-corrected chi connectivity index (χ3v) is 5.15. The summed E-state index contributed by atoms with van der Waals surface area (Å²) in [5, 5.41) is 0. The van der Waals surface area contributed by atoms with Crippen molar-refractivity contribution in [2.45, 2.75) is 20.4 Å². The van der Waals surface area contributed by atoms with E-state index in [-0.39, 0.29) is 12.5 Å². The number of carbonyl (C=O) groups is 2. The van der Waals surface area contributed by atoms with E-state index in [1.54, 1.807) is 4.90 Å². The molecule has 3 aromatic rings. The zero-order valence-corrected chi connectivity index (χ0v) is 18.2. The third kappa shape index (κ3) is 5.70. The minimum absolute atomic E-state index is 0.110. The van der Waals surface area contributed by atoms with Gasteiger partial charge in [-0.1, -0.05) is 90.5 Å². The number of benzene rings is 3. The van der Waals surface area contributed by atoms with Crippen molar-refractivity contribution in [1.82, 2.24) is 4.90 Å². The molecule has 3 rings (SSSR count). The quantitative estimate of drug-likeness (QED) is 0.404. The third-order valence-electron chi connectivity index (χ3n) is 5.15. The molecule has 31 heavy (non-hydrogen) atoms. The Balaban J connectivity index is 2.13. The van der Waals surface area contributed by atoms with Gasteiger partial charge >= 0.3 is 5.97 Å². The van der Waals surface area contributed by atoms with Gasteiger partial charge in [-0.05, 0) is 23.6 Å². The molecule has 0 N–H and O–H groups in total. The fourth-order valence-electron chi connectivity index (χ4n) is 3.48. The van der Waals surface area contributed by atoms with Crippen molar-refractivity contribution >= 4 is 17.4 Å². The molecule has 0 saturated heterocycles. The van der Waals surface area contributed by atoms with E-state index in [1.165, 1.54) is 14.0 Å². The Morgan fingerprint density at radius 3 is 1.90 bits per heavy atom. The van der Waals surface area contributed by atoms with Gasteiger partial charge in [0, 0.05) is 19.0 Å². The van der Waals surface area contributed by atoms with Crippen molar-refractivity contribution in [1.29, 1.82) is 0 Å². The second-order valence-corrected chi connectivity index (χ2v) is 7.44. The zero-order valence-electron chi connectivity index (χ0n) is 18.2. The van der Waals surface area contributed by atoms with Gasteiger partial charge in [0.25, 0.3) is 0 Å². The van der Waals surface area contributed by atoms with Crippen LogP contribution in [0.2, 0.25) is 0 Å². The summed E-state index contributed by atoms with van der Waals surface area (Å²) in [4.78, 5) is 27.1. The number of nitrogens with zero attached hydrogens (tertiary/aromatic N) is 1. The number of esters is 1. The number of aryl methyl sites for hydroxylation is 1. The van der Waals surface area contributed by atoms with Gasteiger partial charge in [0.1, 0.15) is 0 Å². The summed E-state index contributed by atoms with van der Waals surface area (Å²) in [6.07, 6.45) is 0. The van der Waals surface area contributed by atoms with Crippen LogP contribution in [-0.4, -0.2) is 30.4 Å². The summed E-state index contributed by atoms with van der Waals surface area (Å²) >= 11 is 0. The van der Waals surface area contributed by atoms with Crippen LogP contribution in [0.15, 0.2) is 90.5 Å². The number of hydrogen-bond donors (Lipinski definition) is 0. The lowest BCUT2D eigenvalue weighted by atomic mass is 9.92. The Morgan fingerprint density at radius 1 is 0.806 bits per heavy atom. The molecule has 0 saturated carbocycles. The first-order valence-electron chi connectivity index (χ1n) is 10.2. The molecule has 3 aromatic carbocycles. The van der Waals surface area contributed by atoms with Crippen LogP contribution in [0.25, 0.3) is 5.57 Å². The van der Waals surface area contributed by atoms with Crippen LogP contribution in [0.5, 0.6) is 0 Å². The molecule has 0 bridgehead atoms. The van der Waals surface area contributed by atoms with Crippen molar-refractivity contribution in [3.8, 4) is 0 Å². The number of amides is 1. The Hall–Kier alpha value is -3.66. The number of rotatable bonds is 7. The number of carbonyl (C=O) groups excluding carboxylic acids is 2. The van der Waals surface area contributed by atoms with Gasteiger partial charge in [0.2, 0.25) is 5.91 Å². The maximum Gasteiger partial charge on any atom is 0.336 e. The maximum absolute atomic E-state index is 13.0. The van der Waals surface area contributed by atoms with Crippen molar-refractivity contribution in [3.05, 3.63) is 113 Å². The lowest BCUT2D eigenvalue weighted by Gasteiger charge is -2.24. The van der Waals surface area contributed by atoms with Crippen LogP contribution in [0, 0.1) is 6.92 Å². The Kier molecular flexibility index (Phi) is 7.39. The molecule has 4 nitrogen and oxygen atoms in total. The van der Waals surface area contributed by atoms with Crippen LogP contribution < -0.4 is 0 Å². The predicted molar refractivity (Wildman–Crippen MR) is 123 cm³/mol. The van der Waals surface area contributed by atoms with Gasteiger partial charge in [-0.3, -0.25) is 4.79 Å². The molecule has 0 aromatic heterocycles. The molecular formula is C27H27NO3. The van der Waals surface area contributed by atoms with Crippen LogP contribution >= 0.6 is 0 Å². The van der Waals surface area contributed by atoms with E-state index in [4.69, 9.17) is 4.74 Å². The fraction of sp³-hybridized carbons (Fsp3) is 0.185. The molecule has 0 unspecified atom stereocenters. The molecule has 0 radical (unpaired) electrons. The lowest BCUT2D eigenvalue weighted by molar-refractivity contribution is -0.136. The van der Waals surface area contributed by atoms with Crippen LogP contribution in [0.1, 0.15) is 29.2 Å². The average molecular weight is 414 g/mol. The highest BCUT2D eigenvalue weighted by atomic mass is 16.5. The van der Waals surface area contributed by atoms with E-state index in [0.717, 1.165) is 27.8 Å². The van der Waals surface area contributed by atoms with Gasteiger partial charge in [-0.2, -0.15) is 0 Å². The first-order valence-corrected chi connectivity index (χ1v) is 10.2. The van der Waals surface area contributed by atoms with E-state index in [1.807, 2.05) is 91.9 Å². The summed E-state index contributed by atoms with van der Waals surface area (Å²) in [7, 11) is 1.37. The molecule has 1 amide bonds. The molecule has 0 aliphatic heterocycles. The molecule has 158 valence electrons. The van der Waals surface area contributed by atoms with E-state index in [9.17, 15) is 9.59 Å². The second-order valence-electron chi connectivity index (χ2n) is 7.44. The molecule has 0 atom stereocenters. The summed E-state index contributed by atoms with van der Waals surface area (Å²) in [6, 6.07) is 27.5. The van der Waals surface area contributed by atoms with E-state index >= 15 is 0 Å². The van der Waals surface area contributed by atoms with E-state index < -0.39 is 5.97 Å². The predicted octanol–water partition coefficient (Wildman–Crippen LogP) is 5.02. The lowest BCUT2D eigenvalue weighted by Crippen LogP contribution is -2.33. The Labute approximate surface area is 183 Å². The van der Waals surface area contributed by atoms with E-state index in [2.05, 4.69) is 0 Å². The highest BCUT2D eigenvalue weighted by Gasteiger charge is 2.23. The van der Waals surface area contributed by atoms with Crippen LogP contribution in [0.3, 0.4) is 0 Å². The minimum atomic E-state index is -0.446. The molecule has 0 aliphatic carbocycles. The summed E-state index contributed by atoms with van der Waals surface area (Å²) in [5.74, 6) is -0.555. The Bertz CT molecular complexity index is 1050. The topological polar surface area (TPSA) is 46.6 Å². The largest absolute Gasteiger partial charge is 0.466 e. The number of methoxy groups -OCH3 is 1. The van der Waals surface area contributed by atoms with Gasteiger partial charge in [0.05, 0.1) is 19.2 Å². The van der Waals surface area contributed by atoms with Gasteiger partial charge in [-0.25, -0.2) is 4.79 Å². The van der Waals surface area contributed by atoms with Crippen molar-refractivity contribution in [2.24, 2.45) is 0 Å². The van der Waals surface area contributed by atoms with Crippen LogP contribution in [-0.2, 0) is 20.9 Å². The summed E-state index contributed by atoms with van der Waals surface area (Å²) in [6.45, 7) is 4.10. The molecule has 4 heteroatoms. The molecule has 0 heterocycles. The van der Waals surface area contributed by atoms with Crippen molar-refractivity contribution in [2.75, 3.05) is 13.7 Å². The molecule has 0 aliphatic rings. The van der Waals surface area contributed by atoms with Crippen molar-refractivity contribution < 1.29 is 14.3 Å². The minimum Gasteiger partial charge on any atom is -0.466 e. The highest BCUT2D eigenvalue weighted by Crippen LogP contribution is 2.29.